The summed E-state index contributed by atoms with van der Waals surface area (Å²) in [5.41, 5.74) is 6.01. The van der Waals surface area contributed by atoms with Crippen LogP contribution < -0.4 is 5.73 Å². The Balaban J connectivity index is 2.21. The van der Waals surface area contributed by atoms with Crippen molar-refractivity contribution < 1.29 is 9.63 Å². The molecule has 1 aromatic carbocycles. The molecule has 0 unspecified atom stereocenters. The molecule has 0 fully saturated rings. The summed E-state index contributed by atoms with van der Waals surface area (Å²) in [6.45, 7) is 0.0223. The van der Waals surface area contributed by atoms with Gasteiger partial charge in [0.2, 0.25) is 0 Å². The average Bonchev–Trinajstić information content (AvgIpc) is 2.81. The van der Waals surface area contributed by atoms with E-state index in [0.717, 1.165) is 5.56 Å². The van der Waals surface area contributed by atoms with Gasteiger partial charge < -0.3 is 15.4 Å². The minimum atomic E-state index is -0.951. The van der Waals surface area contributed by atoms with E-state index in [-0.39, 0.29) is 12.4 Å². The first kappa shape index (κ1) is 13.3. The fourth-order valence-corrected chi connectivity index (χ4v) is 1.97. The van der Waals surface area contributed by atoms with Crippen LogP contribution in [0.5, 0.6) is 0 Å². The minimum absolute atomic E-state index is 0.0223. The molecule has 0 aliphatic carbocycles. The Morgan fingerprint density at radius 2 is 2.00 bits per heavy atom. The minimum Gasteiger partial charge on any atom is -0.382 e. The molecule has 18 heavy (non-hydrogen) atoms. The highest BCUT2D eigenvalue weighted by Crippen LogP contribution is 2.26. The first-order valence-corrected chi connectivity index (χ1v) is 6.01. The van der Waals surface area contributed by atoms with E-state index >= 15 is 0 Å². The van der Waals surface area contributed by atoms with Gasteiger partial charge in [-0.1, -0.05) is 34.4 Å². The molecule has 96 valence electrons. The van der Waals surface area contributed by atoms with Gasteiger partial charge in [0.15, 0.2) is 5.82 Å². The van der Waals surface area contributed by atoms with E-state index in [1.807, 2.05) is 0 Å². The fraction of sp³-hybridized carbons (Fsp3) is 0.273. The quantitative estimate of drug-likeness (QED) is 0.898. The molecule has 0 aliphatic heterocycles. The molecule has 1 heterocycles. The van der Waals surface area contributed by atoms with Gasteiger partial charge in [0, 0.05) is 23.0 Å². The van der Waals surface area contributed by atoms with Crippen LogP contribution >= 0.6 is 23.2 Å². The molecular formula is C11H11Cl2N3O2. The van der Waals surface area contributed by atoms with Crippen LogP contribution in [0.15, 0.2) is 22.7 Å². The van der Waals surface area contributed by atoms with Crippen LogP contribution in [0.2, 0.25) is 10.0 Å². The summed E-state index contributed by atoms with van der Waals surface area (Å²) < 4.78 is 4.89. The second-order valence-corrected chi connectivity index (χ2v) is 4.49. The summed E-state index contributed by atoms with van der Waals surface area (Å²) in [6.07, 6.45) is -0.618. The summed E-state index contributed by atoms with van der Waals surface area (Å²) in [5.74, 6) is 0.489. The smallest absolute Gasteiger partial charge is 0.256 e. The van der Waals surface area contributed by atoms with Gasteiger partial charge in [-0.2, -0.15) is 4.98 Å². The lowest BCUT2D eigenvalue weighted by Crippen LogP contribution is -2.11. The van der Waals surface area contributed by atoms with Crippen molar-refractivity contribution in [2.75, 3.05) is 6.54 Å². The van der Waals surface area contributed by atoms with Gasteiger partial charge in [-0.15, -0.1) is 0 Å². The summed E-state index contributed by atoms with van der Waals surface area (Å²) in [6, 6.07) is 5.23. The van der Waals surface area contributed by atoms with Gasteiger partial charge in [0.05, 0.1) is 0 Å². The Morgan fingerprint density at radius 3 is 2.61 bits per heavy atom. The van der Waals surface area contributed by atoms with Crippen molar-refractivity contribution in [3.8, 4) is 0 Å². The third-order valence-corrected chi connectivity index (χ3v) is 3.10. The Labute approximate surface area is 114 Å². The van der Waals surface area contributed by atoms with E-state index in [0.29, 0.717) is 22.3 Å². The molecule has 0 saturated heterocycles. The second kappa shape index (κ2) is 5.67. The normalized spacial score (nSPS) is 12.7. The monoisotopic (exact) mass is 287 g/mol. The maximum atomic E-state index is 9.44. The van der Waals surface area contributed by atoms with E-state index in [1.165, 1.54) is 0 Å². The molecule has 0 radical (unpaired) electrons. The van der Waals surface area contributed by atoms with Gasteiger partial charge in [-0.3, -0.25) is 0 Å². The van der Waals surface area contributed by atoms with Crippen molar-refractivity contribution in [2.24, 2.45) is 5.73 Å². The van der Waals surface area contributed by atoms with Gasteiger partial charge in [-0.25, -0.2) is 0 Å². The van der Waals surface area contributed by atoms with E-state index in [4.69, 9.17) is 33.5 Å². The number of aromatic nitrogens is 2. The lowest BCUT2D eigenvalue weighted by molar-refractivity contribution is 0.141. The molecule has 0 spiro atoms. The maximum Gasteiger partial charge on any atom is 0.256 e. The Bertz CT molecular complexity index is 525. The number of nitrogens with zero attached hydrogens (tertiary/aromatic N) is 2. The van der Waals surface area contributed by atoms with Gasteiger partial charge >= 0.3 is 0 Å². The Kier molecular flexibility index (Phi) is 4.19. The standard InChI is InChI=1S/C11H11Cl2N3O2/c12-7-2-1-3-8(13)6(7)4-10-15-11(18-16-10)9(17)5-14/h1-3,9,17H,4-5,14H2/t9-/m0/s1. The molecule has 1 atom stereocenters. The van der Waals surface area contributed by atoms with Crippen LogP contribution in [0.1, 0.15) is 23.4 Å². The molecule has 1 aromatic heterocycles. The Morgan fingerprint density at radius 1 is 1.33 bits per heavy atom. The zero-order chi connectivity index (χ0) is 13.1. The molecule has 0 saturated carbocycles. The largest absolute Gasteiger partial charge is 0.382 e. The van der Waals surface area contributed by atoms with Crippen LogP contribution in [0, 0.1) is 0 Å². The van der Waals surface area contributed by atoms with Crippen molar-refractivity contribution in [3.63, 3.8) is 0 Å². The average molecular weight is 288 g/mol. The highest BCUT2D eigenvalue weighted by Gasteiger charge is 2.16. The van der Waals surface area contributed by atoms with Crippen molar-refractivity contribution in [3.05, 3.63) is 45.5 Å². The number of aliphatic hydroxyl groups is 1. The molecule has 5 nitrogen and oxygen atoms in total. The predicted octanol–water partition coefficient (Wildman–Crippen LogP) is 1.96. The number of rotatable bonds is 4. The number of hydrogen-bond acceptors (Lipinski definition) is 5. The zero-order valence-corrected chi connectivity index (χ0v) is 10.8. The third kappa shape index (κ3) is 2.81. The van der Waals surface area contributed by atoms with E-state index < -0.39 is 6.10 Å². The van der Waals surface area contributed by atoms with Crippen molar-refractivity contribution in [2.45, 2.75) is 12.5 Å². The van der Waals surface area contributed by atoms with Crippen molar-refractivity contribution >= 4 is 23.2 Å². The fourth-order valence-electron chi connectivity index (χ4n) is 1.43. The number of hydrogen-bond donors (Lipinski definition) is 2. The molecule has 2 aromatic rings. The van der Waals surface area contributed by atoms with Crippen LogP contribution in [0.25, 0.3) is 0 Å². The lowest BCUT2D eigenvalue weighted by atomic mass is 10.1. The van der Waals surface area contributed by atoms with Crippen LogP contribution in [0.3, 0.4) is 0 Å². The van der Waals surface area contributed by atoms with E-state index in [1.54, 1.807) is 18.2 Å². The topological polar surface area (TPSA) is 85.2 Å². The first-order valence-electron chi connectivity index (χ1n) is 5.25. The van der Waals surface area contributed by atoms with Gasteiger partial charge in [0.1, 0.15) is 6.10 Å². The number of nitrogens with two attached hydrogens (primary N) is 1. The summed E-state index contributed by atoms with van der Waals surface area (Å²) in [5, 5.41) is 14.3. The van der Waals surface area contributed by atoms with Gasteiger partial charge in [-0.05, 0) is 17.7 Å². The number of halogens is 2. The number of aliphatic hydroxyl groups excluding tert-OH is 1. The Hall–Kier alpha value is -1.14. The van der Waals surface area contributed by atoms with E-state index in [9.17, 15) is 5.11 Å². The zero-order valence-electron chi connectivity index (χ0n) is 9.31. The second-order valence-electron chi connectivity index (χ2n) is 3.68. The predicted molar refractivity (Wildman–Crippen MR) is 67.6 cm³/mol. The number of benzene rings is 1. The van der Waals surface area contributed by atoms with Crippen molar-refractivity contribution in [1.82, 2.24) is 10.1 Å². The van der Waals surface area contributed by atoms with E-state index in [2.05, 4.69) is 10.1 Å². The molecule has 0 bridgehead atoms. The summed E-state index contributed by atoms with van der Waals surface area (Å²) >= 11 is 12.1. The summed E-state index contributed by atoms with van der Waals surface area (Å²) in [4.78, 5) is 4.03. The lowest BCUT2D eigenvalue weighted by Gasteiger charge is -2.03. The van der Waals surface area contributed by atoms with Crippen LogP contribution in [-0.4, -0.2) is 21.8 Å². The maximum absolute atomic E-state index is 9.44. The molecular weight excluding hydrogens is 277 g/mol. The summed E-state index contributed by atoms with van der Waals surface area (Å²) in [7, 11) is 0. The van der Waals surface area contributed by atoms with Gasteiger partial charge in [0.25, 0.3) is 5.89 Å². The molecule has 0 amide bonds. The highest BCUT2D eigenvalue weighted by atomic mass is 35.5. The third-order valence-electron chi connectivity index (χ3n) is 2.39. The molecule has 7 heteroatoms. The van der Waals surface area contributed by atoms with Crippen molar-refractivity contribution in [1.29, 1.82) is 0 Å². The van der Waals surface area contributed by atoms with Crippen LogP contribution in [-0.2, 0) is 6.42 Å². The molecule has 0 aliphatic rings. The molecule has 2 rings (SSSR count). The first-order chi connectivity index (χ1) is 8.61. The molecule has 3 N–H and O–H groups in total. The SMILES string of the molecule is NC[C@H](O)c1nc(Cc2c(Cl)cccc2Cl)no1. The highest BCUT2D eigenvalue weighted by molar-refractivity contribution is 6.36. The van der Waals surface area contributed by atoms with Crippen LogP contribution in [0.4, 0.5) is 0 Å².